The molecule has 13 heteroatoms. The third kappa shape index (κ3) is 9.60. The highest BCUT2D eigenvalue weighted by Crippen LogP contribution is 2.23. The molecule has 1 aromatic carbocycles. The second-order valence-corrected chi connectivity index (χ2v) is 14.7. The second kappa shape index (κ2) is 15.9. The van der Waals surface area contributed by atoms with Crippen molar-refractivity contribution in [3.05, 3.63) is 36.0 Å². The van der Waals surface area contributed by atoms with Crippen LogP contribution >= 0.6 is 0 Å². The first kappa shape index (κ1) is 37.4. The Kier molecular flexibility index (Phi) is 12.1. The lowest BCUT2D eigenvalue weighted by Crippen LogP contribution is -2.59. The Hall–Kier alpha value is -4.42. The van der Waals surface area contributed by atoms with Crippen molar-refractivity contribution in [3.63, 3.8) is 0 Å². The van der Waals surface area contributed by atoms with Gasteiger partial charge in [0, 0.05) is 30.1 Å². The van der Waals surface area contributed by atoms with E-state index in [1.165, 1.54) is 4.90 Å². The van der Waals surface area contributed by atoms with Crippen molar-refractivity contribution in [2.24, 2.45) is 11.8 Å². The normalized spacial score (nSPS) is 25.1. The zero-order valence-corrected chi connectivity index (χ0v) is 29.7. The smallest absolute Gasteiger partial charge is 0.308 e. The molecule has 5 N–H and O–H groups in total. The van der Waals surface area contributed by atoms with Crippen LogP contribution in [-0.4, -0.2) is 87.7 Å². The number of ether oxygens (including phenoxy) is 1. The van der Waals surface area contributed by atoms with Gasteiger partial charge >= 0.3 is 5.97 Å². The first-order chi connectivity index (χ1) is 23.1. The van der Waals surface area contributed by atoms with E-state index in [1.807, 2.05) is 52.0 Å². The Labute approximate surface area is 288 Å². The average molecular weight is 681 g/mol. The molecule has 0 unspecified atom stereocenters. The number of amides is 5. The molecular formula is C36H52N6O7. The number of rotatable bonds is 8. The fourth-order valence-corrected chi connectivity index (χ4v) is 6.44. The van der Waals surface area contributed by atoms with E-state index in [1.54, 1.807) is 27.0 Å². The van der Waals surface area contributed by atoms with Crippen LogP contribution in [0.25, 0.3) is 10.9 Å². The maximum atomic E-state index is 14.2. The zero-order valence-electron chi connectivity index (χ0n) is 29.7. The van der Waals surface area contributed by atoms with Crippen LogP contribution < -0.4 is 21.3 Å². The number of aromatic nitrogens is 1. The maximum Gasteiger partial charge on any atom is 0.308 e. The number of nitrogens with one attached hydrogen (secondary N) is 5. The fraction of sp³-hybridized carbons (Fsp3) is 0.611. The highest BCUT2D eigenvalue weighted by molar-refractivity contribution is 5.99. The van der Waals surface area contributed by atoms with E-state index in [-0.39, 0.29) is 31.2 Å². The monoisotopic (exact) mass is 680 g/mol. The highest BCUT2D eigenvalue weighted by Gasteiger charge is 2.42. The molecule has 13 nitrogen and oxygen atoms in total. The van der Waals surface area contributed by atoms with Crippen molar-refractivity contribution >= 4 is 46.4 Å². The first-order valence-electron chi connectivity index (χ1n) is 17.4. The lowest BCUT2D eigenvalue weighted by atomic mass is 9.96. The van der Waals surface area contributed by atoms with Crippen LogP contribution in [-0.2, 0) is 39.9 Å². The molecule has 0 bridgehead atoms. The standard InChI is InChI=1S/C36H52N6O7/c1-8-21(4)30-34(47)39-25(16-20(2)3)31(44)38-26(17-22-19-37-24-13-10-9-12-23(22)24)32(45)40-27(18-29(43)49-36(5,6)7)35(48)42-15-11-14-28(42)33(46)41-30/h9-10,12-13,19-21,25-28,30,37H,8,11,14-18H2,1-7H3,(H,38,44)(H,39,47)(H,40,45)(H,41,46)/t21-,25-,26+,27+,28-,30+/m0/s1. The molecule has 5 amide bonds. The van der Waals surface area contributed by atoms with Crippen LogP contribution in [0.4, 0.5) is 0 Å². The van der Waals surface area contributed by atoms with Gasteiger partial charge in [0.25, 0.3) is 0 Å². The Morgan fingerprint density at radius 3 is 2.22 bits per heavy atom. The van der Waals surface area contributed by atoms with Gasteiger partial charge in [-0.15, -0.1) is 0 Å². The van der Waals surface area contributed by atoms with Crippen molar-refractivity contribution in [1.82, 2.24) is 31.2 Å². The molecule has 2 aromatic rings. The highest BCUT2D eigenvalue weighted by atomic mass is 16.6. The number of esters is 1. The van der Waals surface area contributed by atoms with Gasteiger partial charge in [0.2, 0.25) is 29.5 Å². The molecule has 1 aromatic heterocycles. The molecule has 0 spiro atoms. The molecule has 268 valence electrons. The summed E-state index contributed by atoms with van der Waals surface area (Å²) >= 11 is 0. The molecule has 4 rings (SSSR count). The van der Waals surface area contributed by atoms with E-state index in [2.05, 4.69) is 26.3 Å². The Morgan fingerprint density at radius 1 is 0.898 bits per heavy atom. The van der Waals surface area contributed by atoms with Crippen LogP contribution in [0.5, 0.6) is 0 Å². The van der Waals surface area contributed by atoms with Gasteiger partial charge in [0.1, 0.15) is 35.8 Å². The predicted octanol–water partition coefficient (Wildman–Crippen LogP) is 2.48. The molecule has 2 aliphatic rings. The molecule has 0 saturated carbocycles. The molecule has 0 aliphatic carbocycles. The second-order valence-electron chi connectivity index (χ2n) is 14.7. The summed E-state index contributed by atoms with van der Waals surface area (Å²) in [5.41, 5.74) is 0.749. The van der Waals surface area contributed by atoms with Gasteiger partial charge in [0.05, 0.1) is 6.42 Å². The minimum absolute atomic E-state index is 0.00135. The van der Waals surface area contributed by atoms with Crippen molar-refractivity contribution in [2.45, 2.75) is 123 Å². The summed E-state index contributed by atoms with van der Waals surface area (Å²) in [7, 11) is 0. The minimum Gasteiger partial charge on any atom is -0.460 e. The summed E-state index contributed by atoms with van der Waals surface area (Å²) in [4.78, 5) is 87.5. The van der Waals surface area contributed by atoms with E-state index >= 15 is 0 Å². The van der Waals surface area contributed by atoms with E-state index in [0.29, 0.717) is 19.3 Å². The number of carbonyl (C=O) groups is 6. The number of carbonyl (C=O) groups excluding carboxylic acids is 6. The number of hydrogen-bond donors (Lipinski definition) is 5. The largest absolute Gasteiger partial charge is 0.460 e. The number of fused-ring (bicyclic) bond motifs is 2. The van der Waals surface area contributed by atoms with Crippen molar-refractivity contribution in [1.29, 1.82) is 0 Å². The van der Waals surface area contributed by atoms with Gasteiger partial charge in [-0.05, 0) is 63.5 Å². The summed E-state index contributed by atoms with van der Waals surface area (Å²) in [5, 5.41) is 12.2. The quantitative estimate of drug-likeness (QED) is 0.266. The molecule has 6 atom stereocenters. The number of para-hydroxylation sites is 1. The SMILES string of the molecule is CC[C@H](C)[C@H]1NC(=O)[C@@H]2CCCN2C(=O)[C@@H](CC(=O)OC(C)(C)C)NC(=O)[C@@H](Cc2c[nH]c3ccccc23)NC(=O)[C@H](CC(C)C)NC1=O. The summed E-state index contributed by atoms with van der Waals surface area (Å²) in [5.74, 6) is -3.91. The number of aromatic amines is 1. The maximum absolute atomic E-state index is 14.2. The van der Waals surface area contributed by atoms with Gasteiger partial charge in [-0.25, -0.2) is 0 Å². The van der Waals surface area contributed by atoms with Crippen molar-refractivity contribution in [3.8, 4) is 0 Å². The lowest BCUT2D eigenvalue weighted by molar-refractivity contribution is -0.158. The van der Waals surface area contributed by atoms with Crippen LogP contribution in [0.2, 0.25) is 0 Å². The van der Waals surface area contributed by atoms with Gasteiger partial charge in [0.15, 0.2) is 0 Å². The Morgan fingerprint density at radius 2 is 1.55 bits per heavy atom. The number of H-pyrrole nitrogens is 1. The number of benzene rings is 1. The summed E-state index contributed by atoms with van der Waals surface area (Å²) in [6, 6.07) is 2.09. The van der Waals surface area contributed by atoms with Crippen LogP contribution in [0.3, 0.4) is 0 Å². The van der Waals surface area contributed by atoms with Gasteiger partial charge < -0.3 is 35.9 Å². The molecule has 2 saturated heterocycles. The van der Waals surface area contributed by atoms with E-state index in [9.17, 15) is 28.8 Å². The van der Waals surface area contributed by atoms with Crippen LogP contribution in [0.1, 0.15) is 86.1 Å². The van der Waals surface area contributed by atoms with E-state index in [4.69, 9.17) is 4.74 Å². The number of hydrogen-bond acceptors (Lipinski definition) is 7. The molecule has 3 heterocycles. The number of nitrogens with zero attached hydrogens (tertiary/aromatic N) is 1. The Balaban J connectivity index is 1.79. The fourth-order valence-electron chi connectivity index (χ4n) is 6.44. The average Bonchev–Trinajstić information content (AvgIpc) is 3.68. The van der Waals surface area contributed by atoms with Crippen molar-refractivity contribution in [2.75, 3.05) is 6.54 Å². The summed E-state index contributed by atoms with van der Waals surface area (Å²) < 4.78 is 5.52. The van der Waals surface area contributed by atoms with Crippen molar-refractivity contribution < 1.29 is 33.5 Å². The third-order valence-corrected chi connectivity index (χ3v) is 9.11. The van der Waals surface area contributed by atoms with Crippen LogP contribution in [0.15, 0.2) is 30.5 Å². The summed E-state index contributed by atoms with van der Waals surface area (Å²) in [6.45, 7) is 12.9. The van der Waals surface area contributed by atoms with Crippen LogP contribution in [0, 0.1) is 11.8 Å². The predicted molar refractivity (Wildman–Crippen MR) is 184 cm³/mol. The molecule has 49 heavy (non-hydrogen) atoms. The van der Waals surface area contributed by atoms with E-state index < -0.39 is 77.7 Å². The van der Waals surface area contributed by atoms with E-state index in [0.717, 1.165) is 16.5 Å². The zero-order chi connectivity index (χ0) is 36.0. The molecule has 0 radical (unpaired) electrons. The first-order valence-corrected chi connectivity index (χ1v) is 17.4. The van der Waals surface area contributed by atoms with Gasteiger partial charge in [-0.2, -0.15) is 0 Å². The summed E-state index contributed by atoms with van der Waals surface area (Å²) in [6.07, 6.45) is 3.04. The Bertz CT molecular complexity index is 1550. The lowest BCUT2D eigenvalue weighted by Gasteiger charge is -2.31. The molecular weight excluding hydrogens is 628 g/mol. The third-order valence-electron chi connectivity index (χ3n) is 9.11. The molecule has 2 aliphatic heterocycles. The minimum atomic E-state index is -1.38. The van der Waals surface area contributed by atoms with Gasteiger partial charge in [-0.3, -0.25) is 28.8 Å². The topological polar surface area (TPSA) is 179 Å². The van der Waals surface area contributed by atoms with Gasteiger partial charge in [-0.1, -0.05) is 52.3 Å². The molecule has 2 fully saturated rings.